The third-order valence-electron chi connectivity index (χ3n) is 10.7. The first-order valence-corrected chi connectivity index (χ1v) is 17.4. The zero-order chi connectivity index (χ0) is 34.0. The molecule has 256 valence electrons. The minimum Gasteiger partial charge on any atom is -0.473 e. The van der Waals surface area contributed by atoms with Gasteiger partial charge in [0.05, 0.1) is 0 Å². The van der Waals surface area contributed by atoms with Gasteiger partial charge in [-0.3, -0.25) is 0 Å². The van der Waals surface area contributed by atoms with Gasteiger partial charge in [-0.1, -0.05) is 52.0 Å². The highest BCUT2D eigenvalue weighted by Crippen LogP contribution is 2.55. The minimum atomic E-state index is -0.830. The second kappa shape index (κ2) is 11.9. The van der Waals surface area contributed by atoms with Gasteiger partial charge in [0.15, 0.2) is 13.5 Å². The number of aliphatic hydroxyl groups excluding tert-OH is 2. The number of hydrogen-bond acceptors (Lipinski definition) is 8. The molecule has 0 saturated heterocycles. The Balaban J connectivity index is 1.04. The van der Waals surface area contributed by atoms with Crippen molar-refractivity contribution in [2.24, 2.45) is 0 Å². The first kappa shape index (κ1) is 31.8. The van der Waals surface area contributed by atoms with Crippen LogP contribution in [-0.2, 0) is 36.8 Å². The second-order valence-corrected chi connectivity index (χ2v) is 15.4. The van der Waals surface area contributed by atoms with Gasteiger partial charge in [-0.05, 0) is 60.4 Å². The summed E-state index contributed by atoms with van der Waals surface area (Å²) in [5.74, 6) is 2.52. The number of aliphatic hydroxyl groups is 2. The average molecular weight is 663 g/mol. The lowest BCUT2D eigenvalue weighted by Crippen LogP contribution is -2.55. The third kappa shape index (κ3) is 5.85. The summed E-state index contributed by atoms with van der Waals surface area (Å²) in [6.07, 6.45) is 2.74. The molecule has 8 nitrogen and oxygen atoms in total. The first-order chi connectivity index (χ1) is 23.5. The van der Waals surface area contributed by atoms with E-state index in [4.69, 9.17) is 18.9 Å². The molecule has 0 atom stereocenters. The third-order valence-corrected chi connectivity index (χ3v) is 10.7. The van der Waals surface area contributed by atoms with Gasteiger partial charge in [-0.2, -0.15) is 0 Å². The molecular formula is C41H46N2O6. The SMILES string of the molecule is CC1(C)CC2(CC(C)(C)c3cc4c(cc3O2)OCN(c2ccc(CCO)cc2)C4)Oc2cc3c(cc21)CN(c1ccc(CCO)cc1)CO3. The second-order valence-electron chi connectivity index (χ2n) is 15.4. The van der Waals surface area contributed by atoms with E-state index in [1.165, 1.54) is 11.1 Å². The van der Waals surface area contributed by atoms with E-state index in [0.29, 0.717) is 39.1 Å². The van der Waals surface area contributed by atoms with Crippen LogP contribution in [0.1, 0.15) is 73.9 Å². The van der Waals surface area contributed by atoms with Crippen LogP contribution >= 0.6 is 0 Å². The van der Waals surface area contributed by atoms with Gasteiger partial charge in [0.25, 0.3) is 5.79 Å². The normalized spacial score (nSPS) is 19.3. The Morgan fingerprint density at radius 3 is 1.37 bits per heavy atom. The molecule has 4 aliphatic heterocycles. The van der Waals surface area contributed by atoms with Crippen molar-refractivity contribution in [3.05, 3.63) is 106 Å². The van der Waals surface area contributed by atoms with Crippen LogP contribution in [0.4, 0.5) is 11.4 Å². The zero-order valence-electron chi connectivity index (χ0n) is 28.9. The van der Waals surface area contributed by atoms with E-state index in [9.17, 15) is 10.2 Å². The Kier molecular flexibility index (Phi) is 7.72. The average Bonchev–Trinajstić information content (AvgIpc) is 3.07. The van der Waals surface area contributed by atoms with E-state index in [-0.39, 0.29) is 24.0 Å². The smallest absolute Gasteiger partial charge is 0.252 e. The summed E-state index contributed by atoms with van der Waals surface area (Å²) in [6, 6.07) is 25.4. The molecule has 1 spiro atoms. The molecule has 4 aromatic rings. The Bertz CT molecular complexity index is 1730. The van der Waals surface area contributed by atoms with Gasteiger partial charge < -0.3 is 39.0 Å². The van der Waals surface area contributed by atoms with Gasteiger partial charge in [-0.15, -0.1) is 0 Å². The van der Waals surface area contributed by atoms with E-state index < -0.39 is 5.79 Å². The fourth-order valence-corrected chi connectivity index (χ4v) is 8.25. The number of ether oxygens (including phenoxy) is 4. The van der Waals surface area contributed by atoms with Gasteiger partial charge in [0.1, 0.15) is 23.0 Å². The van der Waals surface area contributed by atoms with Crippen molar-refractivity contribution in [2.45, 2.75) is 83.1 Å². The van der Waals surface area contributed by atoms with Crippen LogP contribution < -0.4 is 28.7 Å². The van der Waals surface area contributed by atoms with Gasteiger partial charge in [0, 0.05) is 95.7 Å². The van der Waals surface area contributed by atoms with Crippen molar-refractivity contribution in [3.8, 4) is 23.0 Å². The number of rotatable bonds is 6. The molecule has 4 aromatic carbocycles. The summed E-state index contributed by atoms with van der Waals surface area (Å²) < 4.78 is 26.6. The maximum absolute atomic E-state index is 9.28. The fourth-order valence-electron chi connectivity index (χ4n) is 8.25. The lowest BCUT2D eigenvalue weighted by Gasteiger charge is -2.51. The summed E-state index contributed by atoms with van der Waals surface area (Å²) >= 11 is 0. The number of nitrogens with zero attached hydrogens (tertiary/aromatic N) is 2. The molecule has 2 N–H and O–H groups in total. The van der Waals surface area contributed by atoms with E-state index in [0.717, 1.165) is 69.7 Å². The summed E-state index contributed by atoms with van der Waals surface area (Å²) in [4.78, 5) is 4.46. The lowest BCUT2D eigenvalue weighted by molar-refractivity contribution is -0.166. The van der Waals surface area contributed by atoms with Crippen LogP contribution in [0.2, 0.25) is 0 Å². The number of fused-ring (bicyclic) bond motifs is 4. The standard InChI is InChI=1S/C41H46N2O6/c1-39(2)23-41(48-37-19-35-29(17-33(37)39)21-42(25-46-35)31-9-5-27(6-10-31)13-15-44)24-40(3,4)34-18-30-22-43(26-47-36(30)20-38(34)49-41)32-11-7-28(8-12-32)14-16-45/h5-12,17-20,44-45H,13-16,21-26H2,1-4H3. The Morgan fingerprint density at radius 1 is 0.571 bits per heavy atom. The largest absolute Gasteiger partial charge is 0.473 e. The van der Waals surface area contributed by atoms with Crippen molar-refractivity contribution in [1.82, 2.24) is 0 Å². The molecule has 0 aliphatic carbocycles. The van der Waals surface area contributed by atoms with E-state index in [2.05, 4.69) is 110 Å². The van der Waals surface area contributed by atoms with Crippen molar-refractivity contribution in [2.75, 3.05) is 36.5 Å². The molecule has 8 heteroatoms. The monoisotopic (exact) mass is 662 g/mol. The summed E-state index contributed by atoms with van der Waals surface area (Å²) in [5, 5.41) is 18.6. The van der Waals surface area contributed by atoms with Gasteiger partial charge in [0.2, 0.25) is 0 Å². The Hall–Kier alpha value is -4.40. The fraction of sp³-hybridized carbons (Fsp3) is 0.415. The molecule has 0 unspecified atom stereocenters. The number of hydrogen-bond donors (Lipinski definition) is 2. The first-order valence-electron chi connectivity index (χ1n) is 17.4. The van der Waals surface area contributed by atoms with E-state index in [1.807, 2.05) is 0 Å². The van der Waals surface area contributed by atoms with Crippen LogP contribution in [-0.4, -0.2) is 42.7 Å². The lowest BCUT2D eigenvalue weighted by atomic mass is 9.68. The molecule has 0 radical (unpaired) electrons. The quantitative estimate of drug-likeness (QED) is 0.229. The number of anilines is 2. The minimum absolute atomic E-state index is 0.151. The summed E-state index contributed by atoms with van der Waals surface area (Å²) in [7, 11) is 0. The van der Waals surface area contributed by atoms with Crippen LogP contribution in [0.3, 0.4) is 0 Å². The molecule has 0 saturated carbocycles. The van der Waals surface area contributed by atoms with Gasteiger partial charge >= 0.3 is 0 Å². The van der Waals surface area contributed by atoms with Crippen molar-refractivity contribution in [3.63, 3.8) is 0 Å². The predicted molar refractivity (Wildman–Crippen MR) is 190 cm³/mol. The Labute approximate surface area is 288 Å². The van der Waals surface area contributed by atoms with Crippen molar-refractivity contribution >= 4 is 11.4 Å². The molecule has 4 aliphatic rings. The summed E-state index contributed by atoms with van der Waals surface area (Å²) in [5.41, 5.74) is 8.67. The van der Waals surface area contributed by atoms with Crippen molar-refractivity contribution in [1.29, 1.82) is 0 Å². The molecule has 8 rings (SSSR count). The molecule has 0 aromatic heterocycles. The number of benzene rings is 4. The van der Waals surface area contributed by atoms with Gasteiger partial charge in [-0.25, -0.2) is 0 Å². The van der Waals surface area contributed by atoms with Crippen LogP contribution in [0.5, 0.6) is 23.0 Å². The van der Waals surface area contributed by atoms with E-state index in [1.54, 1.807) is 0 Å². The highest BCUT2D eigenvalue weighted by atomic mass is 16.7. The van der Waals surface area contributed by atoms with E-state index >= 15 is 0 Å². The zero-order valence-corrected chi connectivity index (χ0v) is 28.9. The van der Waals surface area contributed by atoms with Crippen molar-refractivity contribution < 1.29 is 29.2 Å². The predicted octanol–water partition coefficient (Wildman–Crippen LogP) is 6.99. The molecule has 49 heavy (non-hydrogen) atoms. The summed E-state index contributed by atoms with van der Waals surface area (Å²) in [6.45, 7) is 11.9. The molecule has 0 fully saturated rings. The molecule has 0 bridgehead atoms. The van der Waals surface area contributed by atoms with Crippen LogP contribution in [0.25, 0.3) is 0 Å². The molecular weight excluding hydrogens is 616 g/mol. The van der Waals surface area contributed by atoms with Crippen LogP contribution in [0, 0.1) is 0 Å². The highest BCUT2D eigenvalue weighted by Gasteiger charge is 2.54. The highest BCUT2D eigenvalue weighted by molar-refractivity contribution is 5.58. The molecule has 4 heterocycles. The topological polar surface area (TPSA) is 83.9 Å². The maximum atomic E-state index is 9.28. The maximum Gasteiger partial charge on any atom is 0.252 e. The van der Waals surface area contributed by atoms with Crippen LogP contribution in [0.15, 0.2) is 72.8 Å². The Morgan fingerprint density at radius 2 is 0.980 bits per heavy atom. The molecule has 0 amide bonds.